The second-order valence-corrected chi connectivity index (χ2v) is 7.56. The van der Waals surface area contributed by atoms with Gasteiger partial charge in [0.15, 0.2) is 9.84 Å². The number of sulfone groups is 1. The minimum absolute atomic E-state index is 0.382. The first-order valence-electron chi connectivity index (χ1n) is 6.17. The van der Waals surface area contributed by atoms with E-state index in [1.54, 1.807) is 32.0 Å². The normalized spacial score (nSPS) is 13.1. The highest BCUT2D eigenvalue weighted by Gasteiger charge is 2.31. The van der Waals surface area contributed by atoms with Crippen LogP contribution in [-0.4, -0.2) is 31.9 Å². The lowest BCUT2D eigenvalue weighted by Gasteiger charge is -2.17. The molecule has 112 valence electrons. The summed E-state index contributed by atoms with van der Waals surface area (Å²) in [6.45, 7) is 4.46. The van der Waals surface area contributed by atoms with Gasteiger partial charge in [-0.15, -0.1) is 0 Å². The summed E-state index contributed by atoms with van der Waals surface area (Å²) in [6, 6.07) is 4.72. The molecule has 7 heteroatoms. The maximum Gasteiger partial charge on any atom is 0.242 e. The number of hydrogen-bond acceptors (Lipinski definition) is 5. The maximum absolute atomic E-state index is 12.0. The van der Waals surface area contributed by atoms with Gasteiger partial charge in [-0.25, -0.2) is 8.42 Å². The second kappa shape index (κ2) is 6.13. The number of methoxy groups -OCH3 is 1. The Morgan fingerprint density at radius 1 is 1.30 bits per heavy atom. The fourth-order valence-corrected chi connectivity index (χ4v) is 2.78. The van der Waals surface area contributed by atoms with Crippen molar-refractivity contribution in [2.24, 2.45) is 0 Å². The lowest BCUT2D eigenvalue weighted by atomic mass is 10.2. The molecule has 0 aromatic heterocycles. The van der Waals surface area contributed by atoms with Crippen molar-refractivity contribution in [3.8, 4) is 5.75 Å². The van der Waals surface area contributed by atoms with E-state index in [-0.39, 0.29) is 0 Å². The highest BCUT2D eigenvalue weighted by Crippen LogP contribution is 2.27. The number of anilines is 2. The van der Waals surface area contributed by atoms with Gasteiger partial charge in [0, 0.05) is 11.8 Å². The molecule has 0 spiro atoms. The Bertz CT molecular complexity index is 596. The van der Waals surface area contributed by atoms with Crippen LogP contribution in [0.4, 0.5) is 11.4 Å². The summed E-state index contributed by atoms with van der Waals surface area (Å²) < 4.78 is 29.0. The molecule has 1 aromatic carbocycles. The van der Waals surface area contributed by atoms with Crippen LogP contribution in [0.2, 0.25) is 0 Å². The van der Waals surface area contributed by atoms with E-state index in [0.29, 0.717) is 17.1 Å². The number of benzene rings is 1. The highest BCUT2D eigenvalue weighted by molar-refractivity contribution is 7.93. The summed E-state index contributed by atoms with van der Waals surface area (Å²) in [4.78, 5) is 12.0. The number of nitrogens with one attached hydrogen (secondary N) is 1. The SMILES string of the molecule is COc1cc(N)ccc1NC(=O)C(C)S(=O)(=O)C(C)C. The number of nitrogens with two attached hydrogens (primary N) is 1. The Balaban J connectivity index is 2.97. The van der Waals surface area contributed by atoms with E-state index < -0.39 is 26.2 Å². The van der Waals surface area contributed by atoms with Crippen molar-refractivity contribution in [3.63, 3.8) is 0 Å². The highest BCUT2D eigenvalue weighted by atomic mass is 32.2. The van der Waals surface area contributed by atoms with Gasteiger partial charge in [-0.3, -0.25) is 4.79 Å². The van der Waals surface area contributed by atoms with Crippen LogP contribution >= 0.6 is 0 Å². The van der Waals surface area contributed by atoms with Gasteiger partial charge in [-0.05, 0) is 32.9 Å². The zero-order chi connectivity index (χ0) is 15.5. The zero-order valence-corrected chi connectivity index (χ0v) is 12.8. The summed E-state index contributed by atoms with van der Waals surface area (Å²) in [7, 11) is -2.06. The predicted octanol–water partition coefficient (Wildman–Crippen LogP) is 1.43. The third kappa shape index (κ3) is 3.41. The molecule has 6 nitrogen and oxygen atoms in total. The lowest BCUT2D eigenvalue weighted by Crippen LogP contribution is -2.36. The molecule has 1 amide bonds. The van der Waals surface area contributed by atoms with Crippen LogP contribution in [0.15, 0.2) is 18.2 Å². The number of carbonyl (C=O) groups is 1. The molecule has 0 saturated heterocycles. The maximum atomic E-state index is 12.0. The molecule has 1 unspecified atom stereocenters. The lowest BCUT2D eigenvalue weighted by molar-refractivity contribution is -0.115. The number of carbonyl (C=O) groups excluding carboxylic acids is 1. The van der Waals surface area contributed by atoms with Crippen LogP contribution in [0.5, 0.6) is 5.75 Å². The molecular formula is C13H20N2O4S. The molecule has 0 aliphatic rings. The van der Waals surface area contributed by atoms with Crippen molar-refractivity contribution in [1.29, 1.82) is 0 Å². The topological polar surface area (TPSA) is 98.5 Å². The van der Waals surface area contributed by atoms with E-state index in [1.165, 1.54) is 14.0 Å². The van der Waals surface area contributed by atoms with Crippen LogP contribution in [0.25, 0.3) is 0 Å². The molecule has 1 atom stereocenters. The standard InChI is InChI=1S/C13H20N2O4S/c1-8(2)20(17,18)9(3)13(16)15-11-6-5-10(14)7-12(11)19-4/h5-9H,14H2,1-4H3,(H,15,16). The van der Waals surface area contributed by atoms with Crippen molar-refractivity contribution in [3.05, 3.63) is 18.2 Å². The predicted molar refractivity (Wildman–Crippen MR) is 79.6 cm³/mol. The Labute approximate surface area is 119 Å². The van der Waals surface area contributed by atoms with E-state index >= 15 is 0 Å². The van der Waals surface area contributed by atoms with Crippen LogP contribution in [0.1, 0.15) is 20.8 Å². The Kier molecular flexibility index (Phi) is 4.99. The Hall–Kier alpha value is -1.76. The van der Waals surface area contributed by atoms with Crippen LogP contribution in [0, 0.1) is 0 Å². The zero-order valence-electron chi connectivity index (χ0n) is 12.0. The molecule has 0 bridgehead atoms. The number of hydrogen-bond donors (Lipinski definition) is 2. The Morgan fingerprint density at radius 2 is 1.90 bits per heavy atom. The molecule has 20 heavy (non-hydrogen) atoms. The summed E-state index contributed by atoms with van der Waals surface area (Å²) in [5, 5.41) is 0.802. The van der Waals surface area contributed by atoms with Crippen molar-refractivity contribution in [1.82, 2.24) is 0 Å². The summed E-state index contributed by atoms with van der Waals surface area (Å²) in [6.07, 6.45) is 0. The van der Waals surface area contributed by atoms with Crippen LogP contribution in [-0.2, 0) is 14.6 Å². The molecule has 0 radical (unpaired) electrons. The van der Waals surface area contributed by atoms with Crippen molar-refractivity contribution >= 4 is 27.1 Å². The average molecular weight is 300 g/mol. The average Bonchev–Trinajstić information content (AvgIpc) is 2.39. The number of ether oxygens (including phenoxy) is 1. The first kappa shape index (κ1) is 16.3. The van der Waals surface area contributed by atoms with Gasteiger partial charge in [0.1, 0.15) is 11.0 Å². The summed E-state index contributed by atoms with van der Waals surface area (Å²) in [5.41, 5.74) is 6.49. The minimum atomic E-state index is -3.50. The fraction of sp³-hybridized carbons (Fsp3) is 0.462. The summed E-state index contributed by atoms with van der Waals surface area (Å²) in [5.74, 6) is -0.214. The van der Waals surface area contributed by atoms with Crippen molar-refractivity contribution in [2.45, 2.75) is 31.3 Å². The molecule has 0 saturated carbocycles. The van der Waals surface area contributed by atoms with Gasteiger partial charge in [0.2, 0.25) is 5.91 Å². The third-order valence-electron chi connectivity index (χ3n) is 3.00. The van der Waals surface area contributed by atoms with E-state index in [4.69, 9.17) is 10.5 Å². The largest absolute Gasteiger partial charge is 0.494 e. The van der Waals surface area contributed by atoms with E-state index in [2.05, 4.69) is 5.32 Å². The number of amides is 1. The van der Waals surface area contributed by atoms with Crippen LogP contribution < -0.4 is 15.8 Å². The first-order chi connectivity index (χ1) is 9.20. The first-order valence-corrected chi connectivity index (χ1v) is 7.78. The number of rotatable bonds is 5. The molecule has 1 rings (SSSR count). The van der Waals surface area contributed by atoms with Gasteiger partial charge in [0.05, 0.1) is 18.0 Å². The van der Waals surface area contributed by atoms with Crippen molar-refractivity contribution < 1.29 is 17.9 Å². The molecule has 0 aliphatic heterocycles. The van der Waals surface area contributed by atoms with Gasteiger partial charge >= 0.3 is 0 Å². The quantitative estimate of drug-likeness (QED) is 0.801. The van der Waals surface area contributed by atoms with E-state index in [9.17, 15) is 13.2 Å². The van der Waals surface area contributed by atoms with Gasteiger partial charge in [-0.1, -0.05) is 0 Å². The second-order valence-electron chi connectivity index (χ2n) is 4.73. The molecule has 0 fully saturated rings. The van der Waals surface area contributed by atoms with E-state index in [1.807, 2.05) is 0 Å². The number of nitrogen functional groups attached to an aromatic ring is 1. The third-order valence-corrected chi connectivity index (χ3v) is 5.52. The van der Waals surface area contributed by atoms with Crippen LogP contribution in [0.3, 0.4) is 0 Å². The smallest absolute Gasteiger partial charge is 0.242 e. The Morgan fingerprint density at radius 3 is 2.40 bits per heavy atom. The molecule has 0 heterocycles. The fourth-order valence-electron chi connectivity index (χ4n) is 1.60. The van der Waals surface area contributed by atoms with Gasteiger partial charge in [-0.2, -0.15) is 0 Å². The minimum Gasteiger partial charge on any atom is -0.494 e. The molecule has 1 aromatic rings. The van der Waals surface area contributed by atoms with Crippen molar-refractivity contribution in [2.75, 3.05) is 18.2 Å². The van der Waals surface area contributed by atoms with E-state index in [0.717, 1.165) is 0 Å². The summed E-state index contributed by atoms with van der Waals surface area (Å²) >= 11 is 0. The molecular weight excluding hydrogens is 280 g/mol. The monoisotopic (exact) mass is 300 g/mol. The van der Waals surface area contributed by atoms with Gasteiger partial charge < -0.3 is 15.8 Å². The van der Waals surface area contributed by atoms with Gasteiger partial charge in [0.25, 0.3) is 0 Å². The molecule has 3 N–H and O–H groups in total. The molecule has 0 aliphatic carbocycles.